The molecular formula is C8H5Cl3N2O2S. The van der Waals surface area contributed by atoms with Crippen LogP contribution in [-0.2, 0) is 10.3 Å². The highest BCUT2D eigenvalue weighted by Crippen LogP contribution is 2.43. The van der Waals surface area contributed by atoms with Crippen LogP contribution in [0.3, 0.4) is 0 Å². The first kappa shape index (κ1) is 12.0. The standard InChI is InChI=1S/C8H5Cl3N2O2S/c1-8(4-2-3-5(9)16-4)6(14)12(10)7(15)13(8)11/h2-3H,1H3/t8-/m0/s1. The van der Waals surface area contributed by atoms with Gasteiger partial charge in [0.15, 0.2) is 5.54 Å². The van der Waals surface area contributed by atoms with E-state index in [0.717, 1.165) is 4.42 Å². The van der Waals surface area contributed by atoms with Gasteiger partial charge in [-0.15, -0.1) is 11.3 Å². The summed E-state index contributed by atoms with van der Waals surface area (Å²) in [7, 11) is 0. The molecule has 2 rings (SSSR count). The van der Waals surface area contributed by atoms with E-state index < -0.39 is 17.5 Å². The Labute approximate surface area is 111 Å². The van der Waals surface area contributed by atoms with Gasteiger partial charge in [0.2, 0.25) is 0 Å². The number of rotatable bonds is 1. The van der Waals surface area contributed by atoms with Gasteiger partial charge in [0.1, 0.15) is 0 Å². The first-order valence-corrected chi connectivity index (χ1v) is 6.02. The third-order valence-electron chi connectivity index (χ3n) is 2.38. The van der Waals surface area contributed by atoms with E-state index >= 15 is 0 Å². The van der Waals surface area contributed by atoms with Crippen molar-refractivity contribution in [1.82, 2.24) is 8.84 Å². The highest BCUT2D eigenvalue weighted by molar-refractivity contribution is 7.16. The van der Waals surface area contributed by atoms with Crippen LogP contribution in [0.5, 0.6) is 0 Å². The Balaban J connectivity index is 2.53. The topological polar surface area (TPSA) is 40.6 Å². The molecular weight excluding hydrogens is 295 g/mol. The summed E-state index contributed by atoms with van der Waals surface area (Å²) in [4.78, 5) is 23.9. The largest absolute Gasteiger partial charge is 0.357 e. The zero-order chi connectivity index (χ0) is 12.1. The number of nitrogens with zero attached hydrogens (tertiary/aromatic N) is 2. The van der Waals surface area contributed by atoms with E-state index in [2.05, 4.69) is 0 Å². The number of hydrogen-bond acceptors (Lipinski definition) is 3. The van der Waals surface area contributed by atoms with Crippen molar-refractivity contribution in [3.8, 4) is 0 Å². The molecule has 0 radical (unpaired) electrons. The summed E-state index contributed by atoms with van der Waals surface area (Å²) in [5.74, 6) is -0.590. The first-order valence-electron chi connectivity index (χ1n) is 4.15. The molecule has 0 spiro atoms. The number of hydrogen-bond donors (Lipinski definition) is 0. The average molecular weight is 300 g/mol. The van der Waals surface area contributed by atoms with Gasteiger partial charge in [-0.3, -0.25) is 4.79 Å². The fourth-order valence-electron chi connectivity index (χ4n) is 1.41. The molecule has 1 aliphatic rings. The summed E-state index contributed by atoms with van der Waals surface area (Å²) in [6.07, 6.45) is 0. The molecule has 0 saturated carbocycles. The molecule has 0 aliphatic carbocycles. The highest BCUT2D eigenvalue weighted by atomic mass is 35.5. The molecule has 1 aliphatic heterocycles. The Morgan fingerprint density at radius 1 is 1.31 bits per heavy atom. The maximum Gasteiger partial charge on any atom is 0.357 e. The second-order valence-corrected chi connectivity index (χ2v) is 5.72. The number of halogens is 3. The lowest BCUT2D eigenvalue weighted by molar-refractivity contribution is -0.128. The number of carbonyl (C=O) groups excluding carboxylic acids is 2. The smallest absolute Gasteiger partial charge is 0.270 e. The van der Waals surface area contributed by atoms with Gasteiger partial charge in [-0.25, -0.2) is 9.21 Å². The molecule has 0 aromatic carbocycles. The van der Waals surface area contributed by atoms with Crippen LogP contribution in [0.15, 0.2) is 12.1 Å². The lowest BCUT2D eigenvalue weighted by atomic mass is 10.0. The molecule has 0 bridgehead atoms. The minimum absolute atomic E-state index is 0.473. The molecule has 4 nitrogen and oxygen atoms in total. The van der Waals surface area contributed by atoms with E-state index in [4.69, 9.17) is 35.2 Å². The lowest BCUT2D eigenvalue weighted by Crippen LogP contribution is -2.38. The molecule has 8 heteroatoms. The summed E-state index contributed by atoms with van der Waals surface area (Å²) in [5, 5.41) is 0. The molecule has 1 saturated heterocycles. The minimum Gasteiger partial charge on any atom is -0.270 e. The molecule has 1 aromatic heterocycles. The van der Waals surface area contributed by atoms with Crippen molar-refractivity contribution in [2.75, 3.05) is 0 Å². The Morgan fingerprint density at radius 2 is 1.94 bits per heavy atom. The molecule has 1 fully saturated rings. The van der Waals surface area contributed by atoms with Gasteiger partial charge in [-0.05, 0) is 19.1 Å². The van der Waals surface area contributed by atoms with Crippen LogP contribution in [0, 0.1) is 0 Å². The summed E-state index contributed by atoms with van der Waals surface area (Å²) < 4.78 is 1.76. The summed E-state index contributed by atoms with van der Waals surface area (Å²) in [5.41, 5.74) is -1.29. The second-order valence-electron chi connectivity index (χ2n) is 3.33. The monoisotopic (exact) mass is 298 g/mol. The van der Waals surface area contributed by atoms with Gasteiger partial charge >= 0.3 is 6.03 Å². The van der Waals surface area contributed by atoms with Crippen LogP contribution < -0.4 is 0 Å². The molecule has 16 heavy (non-hydrogen) atoms. The Bertz CT molecular complexity index is 478. The van der Waals surface area contributed by atoms with Gasteiger partial charge in [0.25, 0.3) is 5.91 Å². The first-order chi connectivity index (χ1) is 7.39. The van der Waals surface area contributed by atoms with Gasteiger partial charge < -0.3 is 0 Å². The Morgan fingerprint density at radius 3 is 2.31 bits per heavy atom. The Kier molecular flexibility index (Phi) is 2.82. The number of thiophene rings is 1. The average Bonchev–Trinajstić information content (AvgIpc) is 2.75. The van der Waals surface area contributed by atoms with E-state index in [9.17, 15) is 9.59 Å². The quantitative estimate of drug-likeness (QED) is 0.590. The molecule has 2 heterocycles. The fourth-order valence-corrected chi connectivity index (χ4v) is 3.15. The van der Waals surface area contributed by atoms with Gasteiger partial charge in [-0.2, -0.15) is 4.42 Å². The predicted octanol–water partition coefficient (Wildman–Crippen LogP) is 3.19. The van der Waals surface area contributed by atoms with E-state index in [0.29, 0.717) is 13.6 Å². The van der Waals surface area contributed by atoms with E-state index in [1.54, 1.807) is 12.1 Å². The van der Waals surface area contributed by atoms with Crippen LogP contribution >= 0.6 is 46.5 Å². The van der Waals surface area contributed by atoms with Crippen molar-refractivity contribution in [2.45, 2.75) is 12.5 Å². The maximum atomic E-state index is 11.9. The SMILES string of the molecule is C[C@]1(c2ccc(Cl)s2)C(=O)N(Cl)C(=O)N1Cl. The normalized spacial score (nSPS) is 25.8. The van der Waals surface area contributed by atoms with Crippen molar-refractivity contribution in [3.63, 3.8) is 0 Å². The Hall–Kier alpha value is -0.490. The zero-order valence-electron chi connectivity index (χ0n) is 7.91. The number of carbonyl (C=O) groups is 2. The fraction of sp³-hybridized carbons (Fsp3) is 0.250. The van der Waals surface area contributed by atoms with Gasteiger partial charge in [0.05, 0.1) is 4.34 Å². The second kappa shape index (κ2) is 3.77. The summed E-state index contributed by atoms with van der Waals surface area (Å²) >= 11 is 18.3. The molecule has 3 amide bonds. The third-order valence-corrected chi connectivity index (χ3v) is 4.60. The van der Waals surface area contributed by atoms with Crippen molar-refractivity contribution in [1.29, 1.82) is 0 Å². The van der Waals surface area contributed by atoms with E-state index in [1.165, 1.54) is 18.3 Å². The number of amides is 3. The molecule has 1 atom stereocenters. The van der Waals surface area contributed by atoms with E-state index in [1.807, 2.05) is 0 Å². The van der Waals surface area contributed by atoms with Crippen molar-refractivity contribution in [3.05, 3.63) is 21.3 Å². The van der Waals surface area contributed by atoms with Gasteiger partial charge in [-0.1, -0.05) is 11.6 Å². The van der Waals surface area contributed by atoms with Crippen LogP contribution in [0.2, 0.25) is 4.34 Å². The number of urea groups is 1. The molecule has 0 unspecified atom stereocenters. The van der Waals surface area contributed by atoms with Crippen molar-refractivity contribution >= 4 is 58.4 Å². The van der Waals surface area contributed by atoms with E-state index in [-0.39, 0.29) is 0 Å². The maximum absolute atomic E-state index is 11.9. The molecule has 1 aromatic rings. The van der Waals surface area contributed by atoms with Crippen LogP contribution in [0.25, 0.3) is 0 Å². The predicted molar refractivity (Wildman–Crippen MR) is 62.5 cm³/mol. The van der Waals surface area contributed by atoms with Crippen molar-refractivity contribution in [2.24, 2.45) is 0 Å². The van der Waals surface area contributed by atoms with Crippen LogP contribution in [-0.4, -0.2) is 20.8 Å². The minimum atomic E-state index is -1.29. The summed E-state index contributed by atoms with van der Waals surface area (Å²) in [6, 6.07) is 2.51. The zero-order valence-corrected chi connectivity index (χ0v) is 11.0. The highest BCUT2D eigenvalue weighted by Gasteiger charge is 2.56. The lowest BCUT2D eigenvalue weighted by Gasteiger charge is -2.23. The molecule has 86 valence electrons. The van der Waals surface area contributed by atoms with Crippen LogP contribution in [0.4, 0.5) is 4.79 Å². The van der Waals surface area contributed by atoms with Crippen molar-refractivity contribution < 1.29 is 9.59 Å². The summed E-state index contributed by atoms with van der Waals surface area (Å²) in [6.45, 7) is 1.52. The molecule has 0 N–H and O–H groups in total. The number of imide groups is 1. The third kappa shape index (κ3) is 1.43. The van der Waals surface area contributed by atoms with Gasteiger partial charge in [0, 0.05) is 28.4 Å². The van der Waals surface area contributed by atoms with Crippen LogP contribution in [0.1, 0.15) is 11.8 Å².